The molecule has 3 aromatic rings. The van der Waals surface area contributed by atoms with Gasteiger partial charge < -0.3 is 15.4 Å². The molecule has 0 spiro atoms. The number of rotatable bonds is 7. The fourth-order valence-corrected chi connectivity index (χ4v) is 3.00. The van der Waals surface area contributed by atoms with E-state index < -0.39 is 0 Å². The number of fused-ring (bicyclic) bond motifs is 1. The average molecular weight is 430 g/mol. The summed E-state index contributed by atoms with van der Waals surface area (Å²) in [4.78, 5) is 24.1. The first-order valence-electron chi connectivity index (χ1n) is 8.51. The molecule has 0 aliphatic heterocycles. The van der Waals surface area contributed by atoms with Gasteiger partial charge in [-0.2, -0.15) is 0 Å². The number of ether oxygens (including phenoxy) is 1. The van der Waals surface area contributed by atoms with E-state index >= 15 is 0 Å². The van der Waals surface area contributed by atoms with E-state index in [0.717, 1.165) is 26.8 Å². The van der Waals surface area contributed by atoms with E-state index in [1.807, 2.05) is 31.2 Å². The van der Waals surface area contributed by atoms with Crippen molar-refractivity contribution in [1.82, 2.24) is 20.3 Å². The van der Waals surface area contributed by atoms with Crippen LogP contribution in [0.4, 0.5) is 5.82 Å². The van der Waals surface area contributed by atoms with E-state index in [4.69, 9.17) is 4.74 Å². The largest absolute Gasteiger partial charge is 0.476 e. The van der Waals surface area contributed by atoms with E-state index in [1.54, 1.807) is 6.20 Å². The van der Waals surface area contributed by atoms with Crippen molar-refractivity contribution in [3.63, 3.8) is 0 Å². The molecule has 0 aliphatic rings. The molecule has 0 fully saturated rings. The number of hydrogen-bond acceptors (Lipinski definition) is 6. The molecule has 3 rings (SSSR count). The molecule has 7 nitrogen and oxygen atoms in total. The zero-order valence-corrected chi connectivity index (χ0v) is 16.7. The highest BCUT2D eigenvalue weighted by atomic mass is 79.9. The van der Waals surface area contributed by atoms with E-state index in [2.05, 4.69) is 47.6 Å². The van der Waals surface area contributed by atoms with Crippen LogP contribution in [0, 0.1) is 6.92 Å². The minimum absolute atomic E-state index is 0.0898. The standard InChI is InChI=1S/C19H20BrN5O2/c1-12-24-17-11-22-18(27-7-6-21-13(2)26)9-16(17)19(25-12)23-10-14-4-3-5-15(20)8-14/h3-5,8-9,11H,6-7,10H2,1-2H3,(H,21,26)(H,23,24,25). The van der Waals surface area contributed by atoms with Gasteiger partial charge in [0.25, 0.3) is 0 Å². The second-order valence-corrected chi connectivity index (χ2v) is 6.89. The summed E-state index contributed by atoms with van der Waals surface area (Å²) in [6.45, 7) is 4.71. The number of carbonyl (C=O) groups excluding carboxylic acids is 1. The monoisotopic (exact) mass is 429 g/mol. The predicted octanol–water partition coefficient (Wildman–Crippen LogP) is 3.22. The van der Waals surface area contributed by atoms with Crippen LogP contribution in [0.5, 0.6) is 5.88 Å². The summed E-state index contributed by atoms with van der Waals surface area (Å²) in [6.07, 6.45) is 1.67. The van der Waals surface area contributed by atoms with Crippen molar-refractivity contribution in [3.05, 3.63) is 52.4 Å². The van der Waals surface area contributed by atoms with Gasteiger partial charge in [0.05, 0.1) is 18.3 Å². The molecule has 0 radical (unpaired) electrons. The van der Waals surface area contributed by atoms with Crippen molar-refractivity contribution >= 4 is 38.6 Å². The summed E-state index contributed by atoms with van der Waals surface area (Å²) in [5.41, 5.74) is 1.88. The second-order valence-electron chi connectivity index (χ2n) is 5.97. The Balaban J connectivity index is 1.78. The minimum Gasteiger partial charge on any atom is -0.476 e. The number of aromatic nitrogens is 3. The van der Waals surface area contributed by atoms with Gasteiger partial charge >= 0.3 is 0 Å². The second kappa shape index (κ2) is 8.77. The van der Waals surface area contributed by atoms with Gasteiger partial charge in [0.15, 0.2) is 0 Å². The Bertz CT molecular complexity index is 964. The van der Waals surface area contributed by atoms with Crippen LogP contribution in [-0.4, -0.2) is 34.0 Å². The van der Waals surface area contributed by atoms with Crippen molar-refractivity contribution in [2.24, 2.45) is 0 Å². The van der Waals surface area contributed by atoms with Gasteiger partial charge in [0.2, 0.25) is 11.8 Å². The van der Waals surface area contributed by atoms with Crippen molar-refractivity contribution in [1.29, 1.82) is 0 Å². The molecule has 140 valence electrons. The maximum Gasteiger partial charge on any atom is 0.216 e. The lowest BCUT2D eigenvalue weighted by Gasteiger charge is -2.11. The number of carbonyl (C=O) groups is 1. The Morgan fingerprint density at radius 1 is 1.26 bits per heavy atom. The Kier molecular flexibility index (Phi) is 6.18. The number of anilines is 1. The summed E-state index contributed by atoms with van der Waals surface area (Å²) in [6, 6.07) is 9.90. The van der Waals surface area contributed by atoms with Crippen LogP contribution in [0.1, 0.15) is 18.3 Å². The van der Waals surface area contributed by atoms with Crippen LogP contribution < -0.4 is 15.4 Å². The molecule has 1 aromatic carbocycles. The van der Waals surface area contributed by atoms with Gasteiger partial charge in [-0.25, -0.2) is 15.0 Å². The van der Waals surface area contributed by atoms with E-state index in [0.29, 0.717) is 31.4 Å². The average Bonchev–Trinajstić information content (AvgIpc) is 2.63. The highest BCUT2D eigenvalue weighted by molar-refractivity contribution is 9.10. The number of benzene rings is 1. The van der Waals surface area contributed by atoms with E-state index in [1.165, 1.54) is 6.92 Å². The third-order valence-corrected chi connectivity index (χ3v) is 4.24. The molecule has 0 bridgehead atoms. The van der Waals surface area contributed by atoms with Gasteiger partial charge in [0, 0.05) is 29.4 Å². The van der Waals surface area contributed by atoms with Crippen LogP contribution in [0.2, 0.25) is 0 Å². The van der Waals surface area contributed by atoms with Gasteiger partial charge in [-0.1, -0.05) is 28.1 Å². The first-order valence-corrected chi connectivity index (χ1v) is 9.30. The maximum atomic E-state index is 10.9. The lowest BCUT2D eigenvalue weighted by molar-refractivity contribution is -0.119. The molecule has 0 saturated heterocycles. The Morgan fingerprint density at radius 2 is 2.11 bits per heavy atom. The van der Waals surface area contributed by atoms with Crippen LogP contribution in [0.25, 0.3) is 10.9 Å². The summed E-state index contributed by atoms with van der Waals surface area (Å²) in [5.74, 6) is 1.77. The van der Waals surface area contributed by atoms with E-state index in [9.17, 15) is 4.79 Å². The lowest BCUT2D eigenvalue weighted by Crippen LogP contribution is -2.25. The van der Waals surface area contributed by atoms with Crippen molar-refractivity contribution < 1.29 is 9.53 Å². The van der Waals surface area contributed by atoms with Gasteiger partial charge in [-0.3, -0.25) is 4.79 Å². The fraction of sp³-hybridized carbons (Fsp3) is 0.263. The highest BCUT2D eigenvalue weighted by Gasteiger charge is 2.09. The highest BCUT2D eigenvalue weighted by Crippen LogP contribution is 2.24. The Hall–Kier alpha value is -2.74. The van der Waals surface area contributed by atoms with Crippen LogP contribution in [0.3, 0.4) is 0 Å². The zero-order chi connectivity index (χ0) is 19.2. The third kappa shape index (κ3) is 5.37. The number of amides is 1. The van der Waals surface area contributed by atoms with Crippen LogP contribution in [0.15, 0.2) is 41.0 Å². The van der Waals surface area contributed by atoms with E-state index in [-0.39, 0.29) is 5.91 Å². The predicted molar refractivity (Wildman–Crippen MR) is 108 cm³/mol. The number of nitrogens with zero attached hydrogens (tertiary/aromatic N) is 3. The van der Waals surface area contributed by atoms with Gasteiger partial charge in [-0.15, -0.1) is 0 Å². The first kappa shape index (κ1) is 19.0. The van der Waals surface area contributed by atoms with Crippen LogP contribution in [-0.2, 0) is 11.3 Å². The molecule has 1 amide bonds. The molecule has 2 aromatic heterocycles. The number of nitrogens with one attached hydrogen (secondary N) is 2. The number of pyridine rings is 1. The molecular weight excluding hydrogens is 410 g/mol. The zero-order valence-electron chi connectivity index (χ0n) is 15.1. The topological polar surface area (TPSA) is 89.0 Å². The molecular formula is C19H20BrN5O2. The lowest BCUT2D eigenvalue weighted by atomic mass is 10.2. The summed E-state index contributed by atoms with van der Waals surface area (Å²) in [7, 11) is 0. The molecule has 0 atom stereocenters. The molecule has 27 heavy (non-hydrogen) atoms. The van der Waals surface area contributed by atoms with Crippen LogP contribution >= 0.6 is 15.9 Å². The normalized spacial score (nSPS) is 10.6. The van der Waals surface area contributed by atoms with Crippen molar-refractivity contribution in [2.75, 3.05) is 18.5 Å². The maximum absolute atomic E-state index is 10.9. The van der Waals surface area contributed by atoms with Gasteiger partial charge in [0.1, 0.15) is 18.2 Å². The number of aryl methyl sites for hydroxylation is 1. The third-order valence-electron chi connectivity index (χ3n) is 3.74. The van der Waals surface area contributed by atoms with Gasteiger partial charge in [-0.05, 0) is 24.6 Å². The molecule has 8 heteroatoms. The van der Waals surface area contributed by atoms with Crippen molar-refractivity contribution in [3.8, 4) is 5.88 Å². The molecule has 2 heterocycles. The molecule has 2 N–H and O–H groups in total. The summed E-state index contributed by atoms with van der Waals surface area (Å²) >= 11 is 3.48. The molecule has 0 unspecified atom stereocenters. The number of halogens is 1. The SMILES string of the molecule is CC(=O)NCCOc1cc2c(NCc3cccc(Br)c3)nc(C)nc2cn1. The molecule has 0 saturated carbocycles. The minimum atomic E-state index is -0.0898. The summed E-state index contributed by atoms with van der Waals surface area (Å²) in [5, 5.41) is 6.88. The molecule has 0 aliphatic carbocycles. The van der Waals surface area contributed by atoms with Crippen molar-refractivity contribution in [2.45, 2.75) is 20.4 Å². The summed E-state index contributed by atoms with van der Waals surface area (Å²) < 4.78 is 6.64. The Labute approximate surface area is 165 Å². The Morgan fingerprint density at radius 3 is 2.89 bits per heavy atom. The first-order chi connectivity index (χ1) is 13.0. The number of hydrogen-bond donors (Lipinski definition) is 2. The quantitative estimate of drug-likeness (QED) is 0.560. The fourth-order valence-electron chi connectivity index (χ4n) is 2.56. The smallest absolute Gasteiger partial charge is 0.216 e.